The largest absolute Gasteiger partial charge is 0.493 e. The third-order valence-electron chi connectivity index (χ3n) is 7.25. The predicted octanol–water partition coefficient (Wildman–Crippen LogP) is 3.61. The van der Waals surface area contributed by atoms with E-state index >= 15 is 0 Å². The summed E-state index contributed by atoms with van der Waals surface area (Å²) in [6.45, 7) is 2.00. The third-order valence-corrected chi connectivity index (χ3v) is 8.05. The molecule has 0 aliphatic heterocycles. The van der Waals surface area contributed by atoms with Crippen LogP contribution in [-0.4, -0.2) is 71.7 Å². The van der Waals surface area contributed by atoms with Crippen molar-refractivity contribution in [1.82, 2.24) is 10.2 Å². The van der Waals surface area contributed by atoms with E-state index in [-0.39, 0.29) is 38.4 Å². The van der Waals surface area contributed by atoms with Crippen molar-refractivity contribution in [2.45, 2.75) is 44.6 Å². The predicted molar refractivity (Wildman–Crippen MR) is 170 cm³/mol. The Kier molecular flexibility index (Phi) is 11.3. The number of nitrogens with zero attached hydrogens (tertiary/aromatic N) is 1. The lowest BCUT2D eigenvalue weighted by molar-refractivity contribution is -0.138. The maximum Gasteiger partial charge on any atom is 0.247 e. The van der Waals surface area contributed by atoms with Gasteiger partial charge in [-0.15, -0.1) is 0 Å². The van der Waals surface area contributed by atoms with Crippen LogP contribution in [0.1, 0.15) is 33.5 Å². The van der Waals surface area contributed by atoms with E-state index in [0.717, 1.165) is 16.7 Å². The molecule has 10 heteroatoms. The van der Waals surface area contributed by atoms with E-state index in [4.69, 9.17) is 9.47 Å². The molecule has 0 radical (unpaired) electrons. The van der Waals surface area contributed by atoms with Crippen molar-refractivity contribution in [2.75, 3.05) is 20.3 Å². The summed E-state index contributed by atoms with van der Waals surface area (Å²) >= 11 is 2.02. The van der Waals surface area contributed by atoms with Gasteiger partial charge in [-0.25, -0.2) is 0 Å². The molecule has 0 heterocycles. The average Bonchev–Trinajstić information content (AvgIpc) is 3.01. The van der Waals surface area contributed by atoms with Crippen LogP contribution in [-0.2, 0) is 22.6 Å². The van der Waals surface area contributed by atoms with Crippen LogP contribution in [0.2, 0.25) is 0 Å². The molecule has 0 aromatic heterocycles. The lowest BCUT2D eigenvalue weighted by atomic mass is 9.87. The van der Waals surface area contributed by atoms with Crippen molar-refractivity contribution in [3.63, 3.8) is 0 Å². The highest BCUT2D eigenvalue weighted by atomic mass is 127. The number of aldehydes is 1. The summed E-state index contributed by atoms with van der Waals surface area (Å²) in [6.07, 6.45) is 0.168. The van der Waals surface area contributed by atoms with E-state index in [2.05, 4.69) is 5.32 Å². The summed E-state index contributed by atoms with van der Waals surface area (Å²) in [4.78, 5) is 40.1. The van der Waals surface area contributed by atoms with Gasteiger partial charge < -0.3 is 29.9 Å². The molecule has 4 rings (SSSR count). The van der Waals surface area contributed by atoms with Gasteiger partial charge in [-0.05, 0) is 58.9 Å². The van der Waals surface area contributed by atoms with Crippen molar-refractivity contribution in [2.24, 2.45) is 0 Å². The quantitative estimate of drug-likeness (QED) is 0.195. The molecule has 3 aromatic rings. The number of nitrogens with one attached hydrogen (secondary N) is 1. The van der Waals surface area contributed by atoms with Crippen LogP contribution in [0, 0.1) is 10.5 Å². The van der Waals surface area contributed by atoms with Gasteiger partial charge in [0.1, 0.15) is 18.5 Å². The Bertz CT molecular complexity index is 1460. The van der Waals surface area contributed by atoms with E-state index in [9.17, 15) is 24.6 Å². The van der Waals surface area contributed by atoms with Crippen LogP contribution in [0.4, 0.5) is 0 Å². The molecule has 1 aliphatic carbocycles. The first-order valence-electron chi connectivity index (χ1n) is 13.9. The number of methoxy groups -OCH3 is 1. The first-order valence-corrected chi connectivity index (χ1v) is 15.0. The summed E-state index contributed by atoms with van der Waals surface area (Å²) in [5, 5.41) is 23.7. The summed E-state index contributed by atoms with van der Waals surface area (Å²) in [6, 6.07) is 19.5. The molecule has 43 heavy (non-hydrogen) atoms. The number of benzene rings is 3. The first-order chi connectivity index (χ1) is 20.7. The highest BCUT2D eigenvalue weighted by molar-refractivity contribution is 14.1. The van der Waals surface area contributed by atoms with Gasteiger partial charge in [0, 0.05) is 30.6 Å². The highest BCUT2D eigenvalue weighted by Gasteiger charge is 2.41. The van der Waals surface area contributed by atoms with Gasteiger partial charge in [-0.3, -0.25) is 14.4 Å². The molecule has 3 atom stereocenters. The van der Waals surface area contributed by atoms with E-state index < -0.39 is 24.2 Å². The molecular weight excluding hydrogens is 663 g/mol. The standard InChI is InChI=1S/C33H35IN2O7/c1-21-8-10-23(11-9-21)19-36(30(39)16-22-6-4-3-5-7-22)27-17-25(33(41)35-12-13-37)18-28(31(27)40)43-32-26(34)14-24(20-38)15-29(32)42-2/h3-11,14-15,18,20,27-28,31,37,40H,12-13,16-17,19H2,1-2H3,(H,35,41). The number of carbonyl (C=O) groups is 3. The normalized spacial score (nSPS) is 17.9. The van der Waals surface area contributed by atoms with Gasteiger partial charge >= 0.3 is 0 Å². The molecule has 0 bridgehead atoms. The maximum atomic E-state index is 13.9. The maximum absolute atomic E-state index is 13.9. The minimum atomic E-state index is -1.22. The number of hydrogen-bond donors (Lipinski definition) is 3. The number of rotatable bonds is 12. The van der Waals surface area contributed by atoms with Crippen LogP contribution in [0.3, 0.4) is 0 Å². The highest BCUT2D eigenvalue weighted by Crippen LogP contribution is 2.37. The van der Waals surface area contributed by atoms with Crippen molar-refractivity contribution in [1.29, 1.82) is 0 Å². The van der Waals surface area contributed by atoms with Crippen LogP contribution in [0.25, 0.3) is 0 Å². The van der Waals surface area contributed by atoms with Crippen LogP contribution >= 0.6 is 22.6 Å². The fourth-order valence-electron chi connectivity index (χ4n) is 4.99. The number of aliphatic hydroxyl groups excluding tert-OH is 2. The van der Waals surface area contributed by atoms with E-state index in [1.54, 1.807) is 17.0 Å². The number of carbonyl (C=O) groups excluding carboxylic acids is 3. The Balaban J connectivity index is 1.74. The van der Waals surface area contributed by atoms with Crippen LogP contribution in [0.15, 0.2) is 78.4 Å². The molecule has 0 spiro atoms. The second kappa shape index (κ2) is 15.1. The van der Waals surface area contributed by atoms with Crippen molar-refractivity contribution < 1.29 is 34.1 Å². The zero-order chi connectivity index (χ0) is 30.9. The lowest BCUT2D eigenvalue weighted by Crippen LogP contribution is -2.55. The molecule has 226 valence electrons. The second-order valence-electron chi connectivity index (χ2n) is 10.3. The van der Waals surface area contributed by atoms with Crippen molar-refractivity contribution in [3.05, 3.63) is 104 Å². The Morgan fingerprint density at radius 3 is 2.47 bits per heavy atom. The molecular formula is C33H35IN2O7. The molecule has 1 aliphatic rings. The number of halogens is 1. The number of ether oxygens (including phenoxy) is 2. The summed E-state index contributed by atoms with van der Waals surface area (Å²) < 4.78 is 12.4. The number of aryl methyl sites for hydroxylation is 1. The minimum absolute atomic E-state index is 0.0494. The number of hydrogen-bond acceptors (Lipinski definition) is 7. The molecule has 9 nitrogen and oxygen atoms in total. The van der Waals surface area contributed by atoms with E-state index in [1.807, 2.05) is 84.1 Å². The average molecular weight is 699 g/mol. The molecule has 3 aromatic carbocycles. The molecule has 0 saturated carbocycles. The topological polar surface area (TPSA) is 125 Å². The number of amides is 2. The smallest absolute Gasteiger partial charge is 0.247 e. The van der Waals surface area contributed by atoms with Gasteiger partial charge in [-0.1, -0.05) is 60.2 Å². The zero-order valence-electron chi connectivity index (χ0n) is 24.0. The Morgan fingerprint density at radius 1 is 1.09 bits per heavy atom. The van der Waals surface area contributed by atoms with Gasteiger partial charge in [0.25, 0.3) is 0 Å². The summed E-state index contributed by atoms with van der Waals surface area (Å²) in [5.74, 6) is -0.0532. The SMILES string of the molecule is COc1cc(C=O)cc(I)c1OC1C=C(C(=O)NCCO)CC(N(Cc2ccc(C)cc2)C(=O)Cc2ccccc2)C1O. The Morgan fingerprint density at radius 2 is 1.81 bits per heavy atom. The molecule has 0 fully saturated rings. The third kappa shape index (κ3) is 8.21. The fraction of sp³-hybridized carbons (Fsp3) is 0.303. The molecule has 2 amide bonds. The van der Waals surface area contributed by atoms with Crippen molar-refractivity contribution >= 4 is 40.7 Å². The Labute approximate surface area is 264 Å². The molecule has 0 saturated heterocycles. The van der Waals surface area contributed by atoms with Crippen LogP contribution in [0.5, 0.6) is 11.5 Å². The minimum Gasteiger partial charge on any atom is -0.493 e. The summed E-state index contributed by atoms with van der Waals surface area (Å²) in [5.41, 5.74) is 3.48. The van der Waals surface area contributed by atoms with Gasteiger partial charge in [0.2, 0.25) is 11.8 Å². The fourth-order valence-corrected chi connectivity index (χ4v) is 5.74. The zero-order valence-corrected chi connectivity index (χ0v) is 26.2. The van der Waals surface area contributed by atoms with Crippen molar-refractivity contribution in [3.8, 4) is 11.5 Å². The number of aliphatic hydroxyl groups is 2. The first kappa shape index (κ1) is 32.2. The van der Waals surface area contributed by atoms with Gasteiger partial charge in [0.05, 0.1) is 29.7 Å². The molecule has 3 unspecified atom stereocenters. The Hall–Kier alpha value is -3.74. The van der Waals surface area contributed by atoms with Crippen LogP contribution < -0.4 is 14.8 Å². The van der Waals surface area contributed by atoms with Gasteiger partial charge in [0.15, 0.2) is 11.5 Å². The monoisotopic (exact) mass is 698 g/mol. The lowest BCUT2D eigenvalue weighted by Gasteiger charge is -2.41. The van der Waals surface area contributed by atoms with Gasteiger partial charge in [-0.2, -0.15) is 0 Å². The summed E-state index contributed by atoms with van der Waals surface area (Å²) in [7, 11) is 1.45. The second-order valence-corrected chi connectivity index (χ2v) is 11.5. The van der Waals surface area contributed by atoms with E-state index in [0.29, 0.717) is 32.5 Å². The molecule has 3 N–H and O–H groups in total. The van der Waals surface area contributed by atoms with E-state index in [1.165, 1.54) is 13.2 Å².